The predicted octanol–water partition coefficient (Wildman–Crippen LogP) is 3.85. The van der Waals surface area contributed by atoms with E-state index in [1.807, 2.05) is 0 Å². The molecule has 196 valence electrons. The van der Waals surface area contributed by atoms with Crippen molar-refractivity contribution in [2.45, 2.75) is 18.7 Å². The number of amides is 1. The van der Waals surface area contributed by atoms with Crippen LogP contribution >= 0.6 is 23.2 Å². The molecule has 0 heterocycles. The van der Waals surface area contributed by atoms with Crippen LogP contribution in [0.2, 0.25) is 10.0 Å². The van der Waals surface area contributed by atoms with Crippen LogP contribution in [0.4, 0.5) is 17.1 Å². The molecule has 0 spiro atoms. The first-order chi connectivity index (χ1) is 18.0. The number of hydrogen-bond acceptors (Lipinski definition) is 7. The molecule has 0 aliphatic carbocycles. The van der Waals surface area contributed by atoms with Crippen molar-refractivity contribution in [2.75, 3.05) is 11.9 Å². The number of carbonyl (C=O) groups is 1. The first-order valence-electron chi connectivity index (χ1n) is 11.2. The number of nitrogens with zero attached hydrogens (tertiary/aromatic N) is 2. The molecule has 4 aromatic carbocycles. The van der Waals surface area contributed by atoms with Gasteiger partial charge in [-0.3, -0.25) is 9.35 Å². The van der Waals surface area contributed by atoms with Gasteiger partial charge in [-0.25, -0.2) is 0 Å². The van der Waals surface area contributed by atoms with Crippen molar-refractivity contribution in [2.24, 2.45) is 10.2 Å². The van der Waals surface area contributed by atoms with Gasteiger partial charge >= 0.3 is 29.6 Å². The molecule has 0 aromatic heterocycles. The summed E-state index contributed by atoms with van der Waals surface area (Å²) < 4.78 is 39.0. The summed E-state index contributed by atoms with van der Waals surface area (Å²) in [5, 5.41) is 25.1. The Balaban J connectivity index is 0.00000420. The van der Waals surface area contributed by atoms with Crippen LogP contribution in [0.5, 0.6) is 11.5 Å². The van der Waals surface area contributed by atoms with Crippen LogP contribution in [0.25, 0.3) is 10.8 Å². The smallest absolute Gasteiger partial charge is 0.870 e. The maximum Gasteiger partial charge on any atom is 1.00 e. The predicted molar refractivity (Wildman–Crippen MR) is 144 cm³/mol. The van der Waals surface area contributed by atoms with Crippen molar-refractivity contribution in [3.63, 3.8) is 0 Å². The molecule has 39 heavy (non-hydrogen) atoms. The second kappa shape index (κ2) is 12.6. The first-order valence-corrected chi connectivity index (χ1v) is 13.3. The van der Waals surface area contributed by atoms with Crippen LogP contribution in [0.3, 0.4) is 0 Å². The Kier molecular flexibility index (Phi) is 10.0. The van der Waals surface area contributed by atoms with Crippen molar-refractivity contribution in [3.8, 4) is 11.5 Å². The van der Waals surface area contributed by atoms with E-state index >= 15 is 0 Å². The molecule has 1 amide bonds. The number of anilines is 1. The molecular weight excluding hydrogens is 576 g/mol. The summed E-state index contributed by atoms with van der Waals surface area (Å²) in [5.41, 5.74) is 0.104. The summed E-state index contributed by atoms with van der Waals surface area (Å²) in [6, 6.07) is 15.5. The van der Waals surface area contributed by atoms with Crippen molar-refractivity contribution in [1.82, 2.24) is 0 Å². The number of azo groups is 1. The van der Waals surface area contributed by atoms with Gasteiger partial charge in [-0.15, -0.1) is 5.11 Å². The van der Waals surface area contributed by atoms with E-state index in [2.05, 4.69) is 15.5 Å². The van der Waals surface area contributed by atoms with Gasteiger partial charge in [-0.05, 0) is 61.2 Å². The number of rotatable bonds is 7. The van der Waals surface area contributed by atoms with Gasteiger partial charge in [0.2, 0.25) is 0 Å². The summed E-state index contributed by atoms with van der Waals surface area (Å²) in [6.45, 7) is 3.77. The normalized spacial score (nSPS) is 11.4. The third kappa shape index (κ3) is 6.90. The van der Waals surface area contributed by atoms with Crippen LogP contribution in [0.15, 0.2) is 75.8 Å². The van der Waals surface area contributed by atoms with E-state index in [-0.39, 0.29) is 57.2 Å². The standard InChI is InChI=1S/C26H21Cl2N3O6S.Na/c1-3-37-22-9-8-16(27)13-20(22)29-26(33)18-12-15-6-4-5-7-17(15)23(24(18)32)31-30-21-11-14(2)10-19(28)25(21)38(34,35)36;/h4-13,32H,3H2,1-2H3,(H,29,33)(H,34,35,36);/q;+1/p-1. The van der Waals surface area contributed by atoms with Gasteiger partial charge < -0.3 is 15.2 Å². The summed E-state index contributed by atoms with van der Waals surface area (Å²) in [5.74, 6) is -1.12. The fraction of sp³-hybridized carbons (Fsp3) is 0.115. The largest absolute Gasteiger partial charge is 1.00 e. The van der Waals surface area contributed by atoms with Gasteiger partial charge in [0.05, 0.1) is 23.0 Å². The van der Waals surface area contributed by atoms with Crippen molar-refractivity contribution in [3.05, 3.63) is 81.8 Å². The molecule has 4 aromatic rings. The summed E-state index contributed by atoms with van der Waals surface area (Å²) in [4.78, 5) is 12.6. The van der Waals surface area contributed by atoms with Crippen molar-refractivity contribution < 1.29 is 57.2 Å². The first kappa shape index (κ1) is 30.8. The third-order valence-corrected chi connectivity index (χ3v) is 6.98. The number of aryl methyl sites for hydroxylation is 1. The van der Waals surface area contributed by atoms with Crippen molar-refractivity contribution in [1.29, 1.82) is 0 Å². The Morgan fingerprint density at radius 3 is 2.49 bits per heavy atom. The molecule has 0 saturated carbocycles. The SMILES string of the molecule is CCOc1ccc(Cl)cc1NC(=O)c1cc2ccccc2c(N=Nc2cc(C)cc(Cl)c2S(=O)(=O)O)c1[O-].[Na+]. The van der Waals surface area contributed by atoms with Gasteiger partial charge in [0.1, 0.15) is 16.3 Å². The third-order valence-electron chi connectivity index (χ3n) is 5.39. The molecular formula is C26H20Cl2N3NaO6S. The topological polar surface area (TPSA) is 140 Å². The van der Waals surface area contributed by atoms with Crippen molar-refractivity contribution >= 4 is 67.1 Å². The van der Waals surface area contributed by atoms with Crippen LogP contribution < -0.4 is 44.7 Å². The van der Waals surface area contributed by atoms with Crippen LogP contribution in [-0.4, -0.2) is 25.5 Å². The number of fused-ring (bicyclic) bond motifs is 1. The number of nitrogens with one attached hydrogen (secondary N) is 1. The number of carbonyl (C=O) groups excluding carboxylic acids is 1. The molecule has 0 atom stereocenters. The maximum atomic E-state index is 13.5. The van der Waals surface area contributed by atoms with E-state index in [4.69, 9.17) is 27.9 Å². The summed E-state index contributed by atoms with van der Waals surface area (Å²) >= 11 is 12.1. The van der Waals surface area contributed by atoms with E-state index in [0.29, 0.717) is 33.7 Å². The molecule has 9 nitrogen and oxygen atoms in total. The number of ether oxygens (including phenoxy) is 1. The molecule has 2 N–H and O–H groups in total. The van der Waals surface area contributed by atoms with E-state index in [9.17, 15) is 22.9 Å². The van der Waals surface area contributed by atoms with E-state index < -0.39 is 26.7 Å². The number of benzene rings is 4. The Morgan fingerprint density at radius 2 is 1.79 bits per heavy atom. The molecule has 0 unspecified atom stereocenters. The molecule has 0 aliphatic heterocycles. The quantitative estimate of drug-likeness (QED) is 0.189. The molecule has 13 heteroatoms. The van der Waals surface area contributed by atoms with Gasteiger partial charge in [-0.2, -0.15) is 13.5 Å². The second-order valence-electron chi connectivity index (χ2n) is 8.12. The van der Waals surface area contributed by atoms with Gasteiger partial charge in [0.25, 0.3) is 16.0 Å². The zero-order valence-corrected chi connectivity index (χ0v) is 25.4. The minimum absolute atomic E-state index is 0. The number of halogens is 2. The minimum Gasteiger partial charge on any atom is -0.870 e. The van der Waals surface area contributed by atoms with Crippen LogP contribution in [0.1, 0.15) is 22.8 Å². The van der Waals surface area contributed by atoms with E-state index in [0.717, 1.165) is 0 Å². The Labute approximate surface area is 256 Å². The Bertz CT molecular complexity index is 1710. The summed E-state index contributed by atoms with van der Waals surface area (Å²) in [6.07, 6.45) is 0. The van der Waals surface area contributed by atoms with E-state index in [1.165, 1.54) is 24.3 Å². The van der Waals surface area contributed by atoms with E-state index in [1.54, 1.807) is 50.2 Å². The Hall–Kier alpha value is -2.70. The molecule has 0 saturated heterocycles. The monoisotopic (exact) mass is 595 g/mol. The average Bonchev–Trinajstić information content (AvgIpc) is 2.83. The molecule has 0 bridgehead atoms. The molecule has 4 rings (SSSR count). The van der Waals surface area contributed by atoms with Gasteiger partial charge in [0.15, 0.2) is 0 Å². The second-order valence-corrected chi connectivity index (χ2v) is 10.3. The fourth-order valence-corrected chi connectivity index (χ4v) is 5.20. The van der Waals surface area contributed by atoms with Gasteiger partial charge in [-0.1, -0.05) is 53.2 Å². The zero-order chi connectivity index (χ0) is 27.6. The van der Waals surface area contributed by atoms with Crippen LogP contribution in [-0.2, 0) is 10.1 Å². The molecule has 0 radical (unpaired) electrons. The average molecular weight is 596 g/mol. The van der Waals surface area contributed by atoms with Crippen LogP contribution in [0, 0.1) is 6.92 Å². The summed E-state index contributed by atoms with van der Waals surface area (Å²) in [7, 11) is -4.76. The molecule has 0 aliphatic rings. The van der Waals surface area contributed by atoms with Gasteiger partial charge in [0, 0.05) is 16.0 Å². The molecule has 0 fully saturated rings. The number of hydrogen-bond donors (Lipinski definition) is 2. The maximum absolute atomic E-state index is 13.5. The minimum atomic E-state index is -4.76. The fourth-order valence-electron chi connectivity index (χ4n) is 3.79. The zero-order valence-electron chi connectivity index (χ0n) is 21.0. The Morgan fingerprint density at radius 1 is 1.08 bits per heavy atom.